The topological polar surface area (TPSA) is 98.7 Å². The van der Waals surface area contributed by atoms with Crippen LogP contribution in [0.2, 0.25) is 4.34 Å². The summed E-state index contributed by atoms with van der Waals surface area (Å²) in [6.45, 7) is 0.281. The Morgan fingerprint density at radius 1 is 1.24 bits per heavy atom. The van der Waals surface area contributed by atoms with E-state index < -0.39 is 12.0 Å². The van der Waals surface area contributed by atoms with Gasteiger partial charge in [-0.2, -0.15) is 0 Å². The minimum atomic E-state index is -1.24. The van der Waals surface area contributed by atoms with E-state index in [9.17, 15) is 14.7 Å². The number of thiophene rings is 1. The zero-order valence-corrected chi connectivity index (χ0v) is 12.2. The fourth-order valence-electron chi connectivity index (χ4n) is 1.60. The maximum Gasteiger partial charge on any atom is 0.337 e. The van der Waals surface area contributed by atoms with Gasteiger partial charge < -0.3 is 20.8 Å². The fraction of sp³-hybridized carbons (Fsp3) is 0.0769. The number of phenolic OH excluding ortho intramolecular Hbond substituents is 1. The maximum atomic E-state index is 11.7. The number of rotatable bonds is 4. The van der Waals surface area contributed by atoms with Crippen LogP contribution in [0.5, 0.6) is 5.75 Å². The average molecular weight is 327 g/mol. The normalized spacial score (nSPS) is 10.1. The van der Waals surface area contributed by atoms with Crippen LogP contribution in [0.25, 0.3) is 0 Å². The highest BCUT2D eigenvalue weighted by molar-refractivity contribution is 7.16. The molecule has 21 heavy (non-hydrogen) atoms. The van der Waals surface area contributed by atoms with Crippen LogP contribution in [0.15, 0.2) is 30.3 Å². The van der Waals surface area contributed by atoms with Gasteiger partial charge in [-0.15, -0.1) is 11.3 Å². The van der Waals surface area contributed by atoms with Crippen molar-refractivity contribution in [3.63, 3.8) is 0 Å². The summed E-state index contributed by atoms with van der Waals surface area (Å²) >= 11 is 7.12. The van der Waals surface area contributed by atoms with Crippen molar-refractivity contribution in [2.45, 2.75) is 6.54 Å². The van der Waals surface area contributed by atoms with Gasteiger partial charge in [-0.05, 0) is 30.3 Å². The lowest BCUT2D eigenvalue weighted by atomic mass is 10.1. The molecule has 0 aliphatic rings. The number of hydrogen-bond donors (Lipinski definition) is 4. The number of carbonyl (C=O) groups is 2. The van der Waals surface area contributed by atoms with Gasteiger partial charge in [0, 0.05) is 4.88 Å². The second kappa shape index (κ2) is 6.47. The first-order chi connectivity index (χ1) is 9.95. The van der Waals surface area contributed by atoms with Crippen LogP contribution in [0.1, 0.15) is 15.2 Å². The zero-order valence-electron chi connectivity index (χ0n) is 10.6. The Morgan fingerprint density at radius 2 is 2.00 bits per heavy atom. The summed E-state index contributed by atoms with van der Waals surface area (Å²) in [7, 11) is 0. The molecule has 0 aliphatic heterocycles. The van der Waals surface area contributed by atoms with Gasteiger partial charge in [0.2, 0.25) is 0 Å². The van der Waals surface area contributed by atoms with Gasteiger partial charge in [-0.25, -0.2) is 9.59 Å². The van der Waals surface area contributed by atoms with Gasteiger partial charge in [0.25, 0.3) is 0 Å². The average Bonchev–Trinajstić information content (AvgIpc) is 2.84. The van der Waals surface area contributed by atoms with Crippen molar-refractivity contribution in [2.75, 3.05) is 5.32 Å². The summed E-state index contributed by atoms with van der Waals surface area (Å²) in [6, 6.07) is 6.64. The van der Waals surface area contributed by atoms with Crippen LogP contribution in [0.4, 0.5) is 10.5 Å². The molecule has 2 aromatic rings. The Hall–Kier alpha value is -2.25. The number of halogens is 1. The highest BCUT2D eigenvalue weighted by Gasteiger charge is 2.13. The first-order valence-electron chi connectivity index (χ1n) is 5.81. The molecule has 0 aliphatic carbocycles. The number of nitrogens with one attached hydrogen (secondary N) is 2. The number of urea groups is 1. The number of carbonyl (C=O) groups excluding carboxylic acids is 1. The van der Waals surface area contributed by atoms with Crippen molar-refractivity contribution in [1.29, 1.82) is 0 Å². The zero-order chi connectivity index (χ0) is 15.4. The molecule has 4 N–H and O–H groups in total. The number of aromatic hydroxyl groups is 1. The summed E-state index contributed by atoms with van der Waals surface area (Å²) in [5, 5.41) is 23.3. The SMILES string of the molecule is O=C(NCc1ccc(Cl)s1)Nc1ccc(O)cc1C(=O)O. The van der Waals surface area contributed by atoms with E-state index in [0.29, 0.717) is 4.34 Å². The lowest BCUT2D eigenvalue weighted by Gasteiger charge is -2.09. The van der Waals surface area contributed by atoms with Crippen LogP contribution in [-0.4, -0.2) is 22.2 Å². The summed E-state index contributed by atoms with van der Waals surface area (Å²) in [5.74, 6) is -1.43. The number of anilines is 1. The van der Waals surface area contributed by atoms with Gasteiger partial charge in [-0.1, -0.05) is 11.6 Å². The van der Waals surface area contributed by atoms with E-state index in [0.717, 1.165) is 10.9 Å². The monoisotopic (exact) mass is 326 g/mol. The summed E-state index contributed by atoms with van der Waals surface area (Å²) in [5.41, 5.74) is -0.0914. The van der Waals surface area contributed by atoms with E-state index in [1.807, 2.05) is 0 Å². The van der Waals surface area contributed by atoms with Gasteiger partial charge >= 0.3 is 12.0 Å². The highest BCUT2D eigenvalue weighted by Crippen LogP contribution is 2.22. The number of carboxylic acids is 1. The number of amides is 2. The minimum Gasteiger partial charge on any atom is -0.508 e. The molecule has 0 spiro atoms. The summed E-state index contributed by atoms with van der Waals surface area (Å²) < 4.78 is 0.624. The van der Waals surface area contributed by atoms with Crippen molar-refractivity contribution in [3.8, 4) is 5.75 Å². The minimum absolute atomic E-state index is 0.0991. The van der Waals surface area contributed by atoms with Crippen molar-refractivity contribution in [1.82, 2.24) is 5.32 Å². The molecule has 8 heteroatoms. The van der Waals surface area contributed by atoms with Crippen LogP contribution >= 0.6 is 22.9 Å². The molecule has 2 rings (SSSR count). The number of hydrogen-bond acceptors (Lipinski definition) is 4. The molecular formula is C13H11ClN2O4S. The van der Waals surface area contributed by atoms with Crippen LogP contribution in [0.3, 0.4) is 0 Å². The van der Waals surface area contributed by atoms with Crippen LogP contribution in [0, 0.1) is 0 Å². The highest BCUT2D eigenvalue weighted by atomic mass is 35.5. The molecule has 1 aromatic heterocycles. The second-order valence-corrected chi connectivity index (χ2v) is 5.85. The molecule has 0 unspecified atom stereocenters. The third-order valence-electron chi connectivity index (χ3n) is 2.53. The fourth-order valence-corrected chi connectivity index (χ4v) is 2.63. The molecule has 0 saturated heterocycles. The Balaban J connectivity index is 2.01. The van der Waals surface area contributed by atoms with Gasteiger partial charge in [0.1, 0.15) is 5.75 Å². The first kappa shape index (κ1) is 15.1. The van der Waals surface area contributed by atoms with Crippen molar-refractivity contribution >= 4 is 40.6 Å². The van der Waals surface area contributed by atoms with Crippen molar-refractivity contribution < 1.29 is 19.8 Å². The quantitative estimate of drug-likeness (QED) is 0.649. The number of aromatic carboxylic acids is 1. The first-order valence-corrected chi connectivity index (χ1v) is 7.00. The van der Waals surface area contributed by atoms with E-state index in [1.165, 1.54) is 23.5 Å². The molecule has 0 saturated carbocycles. The molecule has 0 bridgehead atoms. The Morgan fingerprint density at radius 3 is 2.62 bits per heavy atom. The summed E-state index contributed by atoms with van der Waals surface area (Å²) in [6.07, 6.45) is 0. The molecule has 1 heterocycles. The number of carboxylic acid groups (broad SMARTS) is 1. The largest absolute Gasteiger partial charge is 0.508 e. The van der Waals surface area contributed by atoms with Crippen molar-refractivity contribution in [3.05, 3.63) is 45.1 Å². The van der Waals surface area contributed by atoms with E-state index in [-0.39, 0.29) is 23.5 Å². The maximum absolute atomic E-state index is 11.7. The lowest BCUT2D eigenvalue weighted by molar-refractivity contribution is 0.0697. The van der Waals surface area contributed by atoms with Gasteiger partial charge in [0.15, 0.2) is 0 Å². The molecule has 0 fully saturated rings. The number of phenols is 1. The standard InChI is InChI=1S/C13H11ClN2O4S/c14-11-4-2-8(21-11)6-15-13(20)16-10-3-1-7(17)5-9(10)12(18)19/h1-5,17H,6H2,(H,18,19)(H2,15,16,20). The van der Waals surface area contributed by atoms with Crippen LogP contribution < -0.4 is 10.6 Å². The predicted octanol–water partition coefficient (Wildman–Crippen LogP) is 3.13. The smallest absolute Gasteiger partial charge is 0.337 e. The van der Waals surface area contributed by atoms with E-state index in [1.54, 1.807) is 12.1 Å². The molecule has 110 valence electrons. The van der Waals surface area contributed by atoms with Crippen molar-refractivity contribution in [2.24, 2.45) is 0 Å². The lowest BCUT2D eigenvalue weighted by Crippen LogP contribution is -2.28. The van der Waals surface area contributed by atoms with Gasteiger partial charge in [0.05, 0.1) is 22.1 Å². The van der Waals surface area contributed by atoms with Gasteiger partial charge in [-0.3, -0.25) is 0 Å². The Kier molecular flexibility index (Phi) is 4.66. The second-order valence-electron chi connectivity index (χ2n) is 4.05. The molecule has 2 amide bonds. The van der Waals surface area contributed by atoms with E-state index in [4.69, 9.17) is 16.7 Å². The Bertz CT molecular complexity index is 687. The van der Waals surface area contributed by atoms with E-state index in [2.05, 4.69) is 10.6 Å². The number of benzene rings is 1. The Labute approximate surface area is 129 Å². The van der Waals surface area contributed by atoms with E-state index >= 15 is 0 Å². The molecular weight excluding hydrogens is 316 g/mol. The molecule has 6 nitrogen and oxygen atoms in total. The molecule has 1 aromatic carbocycles. The predicted molar refractivity (Wildman–Crippen MR) is 80.3 cm³/mol. The summed E-state index contributed by atoms with van der Waals surface area (Å²) in [4.78, 5) is 23.7. The molecule has 0 radical (unpaired) electrons. The molecule has 0 atom stereocenters. The third kappa shape index (κ3) is 4.11. The van der Waals surface area contributed by atoms with Crippen LogP contribution in [-0.2, 0) is 6.54 Å². The third-order valence-corrected chi connectivity index (χ3v) is 3.76.